The van der Waals surface area contributed by atoms with Gasteiger partial charge in [-0.05, 0) is 29.8 Å². The van der Waals surface area contributed by atoms with Crippen LogP contribution in [0.1, 0.15) is 11.1 Å². The van der Waals surface area contributed by atoms with E-state index in [0.29, 0.717) is 28.2 Å². The fraction of sp³-hybridized carbons (Fsp3) is 0. The molecule has 0 bridgehead atoms. The van der Waals surface area contributed by atoms with Gasteiger partial charge in [0.05, 0.1) is 27.4 Å². The van der Waals surface area contributed by atoms with Gasteiger partial charge in [-0.2, -0.15) is 10.5 Å². The zero-order valence-electron chi connectivity index (χ0n) is 15.8. The van der Waals surface area contributed by atoms with Gasteiger partial charge < -0.3 is 0 Å². The zero-order valence-corrected chi connectivity index (χ0v) is 15.8. The molecule has 9 nitrogen and oxygen atoms in total. The average molecular weight is 405 g/mol. The summed E-state index contributed by atoms with van der Waals surface area (Å²) < 4.78 is 0. The molecule has 0 radical (unpaired) electrons. The predicted molar refractivity (Wildman–Crippen MR) is 110 cm³/mol. The molecule has 0 aliphatic carbocycles. The number of hydrogen-bond donors (Lipinski definition) is 0. The Morgan fingerprint density at radius 1 is 0.839 bits per heavy atom. The minimum Gasteiger partial charge on any atom is -0.264 e. The molecule has 0 spiro atoms. The number of nitrogens with zero attached hydrogens (tertiary/aromatic N) is 7. The molecule has 0 N–H and O–H groups in total. The van der Waals surface area contributed by atoms with Crippen molar-refractivity contribution in [1.29, 1.82) is 10.5 Å². The summed E-state index contributed by atoms with van der Waals surface area (Å²) in [6.07, 6.45) is 7.38. The Labute approximate surface area is 176 Å². The Hall–Kier alpha value is -5.02. The van der Waals surface area contributed by atoms with E-state index in [0.717, 1.165) is 5.56 Å². The van der Waals surface area contributed by atoms with Crippen LogP contribution in [-0.4, -0.2) is 24.9 Å². The summed E-state index contributed by atoms with van der Waals surface area (Å²) in [5.74, 6) is 0. The van der Waals surface area contributed by atoms with Gasteiger partial charge in [0.25, 0.3) is 5.69 Å². The van der Waals surface area contributed by atoms with Crippen molar-refractivity contribution in [2.45, 2.75) is 0 Å². The molecule has 0 fully saturated rings. The van der Waals surface area contributed by atoms with Crippen molar-refractivity contribution in [1.82, 2.24) is 19.9 Å². The highest BCUT2D eigenvalue weighted by molar-refractivity contribution is 5.89. The van der Waals surface area contributed by atoms with E-state index < -0.39 is 4.92 Å². The Morgan fingerprint density at radius 3 is 2.42 bits per heavy atom. The smallest absolute Gasteiger partial charge is 0.264 e. The van der Waals surface area contributed by atoms with Gasteiger partial charge in [0.15, 0.2) is 0 Å². The van der Waals surface area contributed by atoms with Crippen molar-refractivity contribution >= 4 is 5.69 Å². The highest BCUT2D eigenvalue weighted by Crippen LogP contribution is 2.36. The lowest BCUT2D eigenvalue weighted by Crippen LogP contribution is -1.98. The lowest BCUT2D eigenvalue weighted by Gasteiger charge is -2.13. The molecule has 0 saturated heterocycles. The third-order valence-electron chi connectivity index (χ3n) is 4.52. The Balaban J connectivity index is 1.90. The SMILES string of the molecule is N#Cc1cnc(-c2ncccc2-c2ccncc2-c2ccc([N+](=O)[O-])cn2)c(C#N)c1. The van der Waals surface area contributed by atoms with Gasteiger partial charge in [-0.3, -0.25) is 25.1 Å². The van der Waals surface area contributed by atoms with Gasteiger partial charge >= 0.3 is 0 Å². The van der Waals surface area contributed by atoms with Crippen LogP contribution < -0.4 is 0 Å². The van der Waals surface area contributed by atoms with E-state index in [4.69, 9.17) is 5.26 Å². The van der Waals surface area contributed by atoms with E-state index in [1.807, 2.05) is 12.1 Å². The van der Waals surface area contributed by atoms with Crippen molar-refractivity contribution in [3.05, 3.63) is 88.6 Å². The number of nitro groups is 1. The Morgan fingerprint density at radius 2 is 1.71 bits per heavy atom. The largest absolute Gasteiger partial charge is 0.287 e. The fourth-order valence-electron chi connectivity index (χ4n) is 3.10. The molecule has 0 aliphatic rings. The van der Waals surface area contributed by atoms with Crippen LogP contribution >= 0.6 is 0 Å². The third-order valence-corrected chi connectivity index (χ3v) is 4.52. The van der Waals surface area contributed by atoms with E-state index in [-0.39, 0.29) is 16.8 Å². The molecule has 0 aliphatic heterocycles. The molecule has 4 aromatic heterocycles. The van der Waals surface area contributed by atoms with Crippen LogP contribution in [0.4, 0.5) is 5.69 Å². The van der Waals surface area contributed by atoms with Crippen LogP contribution in [0, 0.1) is 32.8 Å². The molecule has 0 unspecified atom stereocenters. The molecular weight excluding hydrogens is 394 g/mol. The first kappa shape index (κ1) is 19.3. The fourth-order valence-corrected chi connectivity index (χ4v) is 3.10. The second-order valence-electron chi connectivity index (χ2n) is 6.32. The maximum atomic E-state index is 10.9. The topological polar surface area (TPSA) is 142 Å². The first-order chi connectivity index (χ1) is 15.1. The van der Waals surface area contributed by atoms with Gasteiger partial charge in [-0.15, -0.1) is 0 Å². The molecule has 0 amide bonds. The molecule has 0 atom stereocenters. The molecule has 31 heavy (non-hydrogen) atoms. The molecular formula is C22H11N7O2. The molecule has 0 saturated carbocycles. The average Bonchev–Trinajstić information content (AvgIpc) is 2.83. The Kier molecular flexibility index (Phi) is 5.08. The van der Waals surface area contributed by atoms with Gasteiger partial charge in [-0.1, -0.05) is 6.07 Å². The number of pyridine rings is 4. The maximum Gasteiger partial charge on any atom is 0.287 e. The Bertz CT molecular complexity index is 1390. The molecule has 4 aromatic rings. The van der Waals surface area contributed by atoms with Crippen molar-refractivity contribution < 1.29 is 4.92 Å². The molecule has 0 aromatic carbocycles. The normalized spacial score (nSPS) is 10.1. The number of nitriles is 2. The van der Waals surface area contributed by atoms with Crippen LogP contribution in [0.25, 0.3) is 33.8 Å². The number of rotatable bonds is 4. The van der Waals surface area contributed by atoms with E-state index >= 15 is 0 Å². The number of hydrogen-bond acceptors (Lipinski definition) is 8. The minimum atomic E-state index is -0.514. The van der Waals surface area contributed by atoms with E-state index in [2.05, 4.69) is 26.0 Å². The lowest BCUT2D eigenvalue weighted by molar-refractivity contribution is -0.385. The van der Waals surface area contributed by atoms with Crippen LogP contribution in [0.5, 0.6) is 0 Å². The summed E-state index contributed by atoms with van der Waals surface area (Å²) in [6.45, 7) is 0. The second kappa shape index (κ2) is 8.15. The van der Waals surface area contributed by atoms with Crippen molar-refractivity contribution in [3.8, 4) is 45.9 Å². The second-order valence-corrected chi connectivity index (χ2v) is 6.32. The quantitative estimate of drug-likeness (QED) is 0.367. The standard InChI is InChI=1S/C22H11N7O2/c23-9-14-8-15(10-24)21(28-11-14)22-18(2-1-6-26-22)17-5-7-25-13-19(17)20-4-3-16(12-27-20)29(30)31/h1-8,11-13H. The van der Waals surface area contributed by atoms with E-state index in [1.165, 1.54) is 24.5 Å². The number of aromatic nitrogens is 4. The molecule has 146 valence electrons. The minimum absolute atomic E-state index is 0.114. The van der Waals surface area contributed by atoms with Crippen LogP contribution in [-0.2, 0) is 0 Å². The highest BCUT2D eigenvalue weighted by Gasteiger charge is 2.18. The predicted octanol–water partition coefficient (Wildman–Crippen LogP) is 3.92. The maximum absolute atomic E-state index is 10.9. The molecule has 4 rings (SSSR count). The summed E-state index contributed by atoms with van der Waals surface area (Å²) in [6, 6.07) is 13.8. The van der Waals surface area contributed by atoms with Crippen molar-refractivity contribution in [2.24, 2.45) is 0 Å². The molecule has 9 heteroatoms. The zero-order chi connectivity index (χ0) is 21.8. The van der Waals surface area contributed by atoms with Crippen LogP contribution in [0.15, 0.2) is 67.4 Å². The first-order valence-electron chi connectivity index (χ1n) is 8.93. The van der Waals surface area contributed by atoms with Gasteiger partial charge in [0.1, 0.15) is 24.0 Å². The molecule has 4 heterocycles. The van der Waals surface area contributed by atoms with Crippen LogP contribution in [0.2, 0.25) is 0 Å². The first-order valence-corrected chi connectivity index (χ1v) is 8.93. The lowest BCUT2D eigenvalue weighted by atomic mass is 9.95. The summed E-state index contributed by atoms with van der Waals surface area (Å²) in [7, 11) is 0. The van der Waals surface area contributed by atoms with Gasteiger partial charge in [-0.25, -0.2) is 4.98 Å². The van der Waals surface area contributed by atoms with Gasteiger partial charge in [0, 0.05) is 42.0 Å². The summed E-state index contributed by atoms with van der Waals surface area (Å²) in [4.78, 5) is 27.5. The van der Waals surface area contributed by atoms with E-state index in [9.17, 15) is 15.4 Å². The third kappa shape index (κ3) is 3.67. The van der Waals surface area contributed by atoms with E-state index in [1.54, 1.807) is 36.8 Å². The monoisotopic (exact) mass is 405 g/mol. The van der Waals surface area contributed by atoms with Gasteiger partial charge in [0.2, 0.25) is 0 Å². The summed E-state index contributed by atoms with van der Waals surface area (Å²) in [5, 5.41) is 29.6. The van der Waals surface area contributed by atoms with Crippen LogP contribution in [0.3, 0.4) is 0 Å². The van der Waals surface area contributed by atoms with Crippen molar-refractivity contribution in [2.75, 3.05) is 0 Å². The summed E-state index contributed by atoms with van der Waals surface area (Å²) in [5.41, 5.74) is 3.71. The highest BCUT2D eigenvalue weighted by atomic mass is 16.6. The summed E-state index contributed by atoms with van der Waals surface area (Å²) >= 11 is 0. The van der Waals surface area contributed by atoms with Crippen molar-refractivity contribution in [3.63, 3.8) is 0 Å².